The predicted molar refractivity (Wildman–Crippen MR) is 88.2 cm³/mol. The minimum Gasteiger partial charge on any atom is -0.388 e. The van der Waals surface area contributed by atoms with Gasteiger partial charge in [-0.1, -0.05) is 24.2 Å². The maximum Gasteiger partial charge on any atom is 0.302 e. The quantitative estimate of drug-likeness (QED) is 0.777. The summed E-state index contributed by atoms with van der Waals surface area (Å²) in [6, 6.07) is 9.41. The maximum atomic E-state index is 12.4. The number of fused-ring (bicyclic) bond motifs is 1. The molecule has 2 aromatic heterocycles. The van der Waals surface area contributed by atoms with Crippen LogP contribution in [0.1, 0.15) is 36.5 Å². The van der Waals surface area contributed by atoms with Crippen molar-refractivity contribution < 1.29 is 14.4 Å². The van der Waals surface area contributed by atoms with E-state index in [1.165, 1.54) is 6.07 Å². The smallest absolute Gasteiger partial charge is 0.302 e. The highest BCUT2D eigenvalue weighted by Gasteiger charge is 2.15. The molecule has 0 saturated carbocycles. The predicted octanol–water partition coefficient (Wildman–Crippen LogP) is 2.09. The molecule has 3 rings (SSSR count). The third-order valence-corrected chi connectivity index (χ3v) is 3.85. The molecule has 0 bridgehead atoms. The van der Waals surface area contributed by atoms with Crippen LogP contribution in [0.4, 0.5) is 0 Å². The van der Waals surface area contributed by atoms with Gasteiger partial charge in [0.25, 0.3) is 0 Å². The SMILES string of the molecule is CCCn1c(=NC(=O)c2cc(CO)on2)n(CC)c2ccccc21. The Kier molecular flexibility index (Phi) is 4.61. The molecule has 0 saturated heterocycles. The molecule has 0 aliphatic rings. The average Bonchev–Trinajstić information content (AvgIpc) is 3.19. The van der Waals surface area contributed by atoms with E-state index in [0.29, 0.717) is 12.2 Å². The minimum absolute atomic E-state index is 0.0926. The van der Waals surface area contributed by atoms with E-state index in [2.05, 4.69) is 17.1 Å². The van der Waals surface area contributed by atoms with E-state index >= 15 is 0 Å². The molecule has 7 nitrogen and oxygen atoms in total. The Balaban J connectivity index is 2.19. The van der Waals surface area contributed by atoms with Crippen molar-refractivity contribution in [3.63, 3.8) is 0 Å². The van der Waals surface area contributed by atoms with Crippen LogP contribution in [-0.4, -0.2) is 25.3 Å². The summed E-state index contributed by atoms with van der Waals surface area (Å²) in [4.78, 5) is 16.7. The topological polar surface area (TPSA) is 85.6 Å². The first kappa shape index (κ1) is 16.2. The lowest BCUT2D eigenvalue weighted by molar-refractivity contribution is 0.0986. The Morgan fingerprint density at radius 3 is 2.54 bits per heavy atom. The summed E-state index contributed by atoms with van der Waals surface area (Å²) in [5.74, 6) is -0.244. The normalized spacial score (nSPS) is 12.2. The Hall–Kier alpha value is -2.67. The molecular weight excluding hydrogens is 308 g/mol. The fourth-order valence-corrected chi connectivity index (χ4v) is 2.79. The van der Waals surface area contributed by atoms with Crippen molar-refractivity contribution in [1.82, 2.24) is 14.3 Å². The van der Waals surface area contributed by atoms with Crippen molar-refractivity contribution in [1.29, 1.82) is 0 Å². The lowest BCUT2D eigenvalue weighted by atomic mass is 10.3. The first-order valence-corrected chi connectivity index (χ1v) is 8.03. The summed E-state index contributed by atoms with van der Waals surface area (Å²) in [5.41, 5.74) is 2.77. The number of aryl methyl sites for hydroxylation is 2. The largest absolute Gasteiger partial charge is 0.388 e. The summed E-state index contributed by atoms with van der Waals surface area (Å²) in [7, 11) is 0. The van der Waals surface area contributed by atoms with E-state index in [-0.39, 0.29) is 18.1 Å². The van der Waals surface area contributed by atoms with Crippen LogP contribution >= 0.6 is 0 Å². The molecule has 0 radical (unpaired) electrons. The van der Waals surface area contributed by atoms with Crippen LogP contribution in [-0.2, 0) is 19.7 Å². The molecule has 0 aliphatic carbocycles. The van der Waals surface area contributed by atoms with Crippen LogP contribution in [0.3, 0.4) is 0 Å². The second-order valence-electron chi connectivity index (χ2n) is 5.44. The molecule has 24 heavy (non-hydrogen) atoms. The van der Waals surface area contributed by atoms with Gasteiger partial charge in [-0.15, -0.1) is 0 Å². The van der Waals surface area contributed by atoms with Gasteiger partial charge in [-0.25, -0.2) is 0 Å². The number of hydrogen-bond acceptors (Lipinski definition) is 4. The highest BCUT2D eigenvalue weighted by Crippen LogP contribution is 2.13. The molecule has 2 heterocycles. The Labute approximate surface area is 138 Å². The van der Waals surface area contributed by atoms with Crippen molar-refractivity contribution >= 4 is 16.9 Å². The van der Waals surface area contributed by atoms with Gasteiger partial charge in [0.15, 0.2) is 11.5 Å². The number of imidazole rings is 1. The van der Waals surface area contributed by atoms with Crippen molar-refractivity contribution in [3.05, 3.63) is 47.4 Å². The number of carbonyl (C=O) groups excluding carboxylic acids is 1. The molecule has 3 aromatic rings. The number of aliphatic hydroxyl groups excluding tert-OH is 1. The Morgan fingerprint density at radius 2 is 1.96 bits per heavy atom. The van der Waals surface area contributed by atoms with Gasteiger partial charge in [0.05, 0.1) is 11.0 Å². The molecular formula is C17H20N4O3. The molecule has 7 heteroatoms. The second kappa shape index (κ2) is 6.84. The van der Waals surface area contributed by atoms with Crippen molar-refractivity contribution in [2.24, 2.45) is 4.99 Å². The number of hydrogen-bond donors (Lipinski definition) is 1. The van der Waals surface area contributed by atoms with E-state index in [9.17, 15) is 4.79 Å². The van der Waals surface area contributed by atoms with E-state index < -0.39 is 5.91 Å². The molecule has 0 spiro atoms. The summed E-state index contributed by atoms with van der Waals surface area (Å²) >= 11 is 0. The molecule has 0 fully saturated rings. The summed E-state index contributed by atoms with van der Waals surface area (Å²) in [6.07, 6.45) is 0.928. The molecule has 0 unspecified atom stereocenters. The van der Waals surface area contributed by atoms with Crippen LogP contribution in [0.2, 0.25) is 0 Å². The van der Waals surface area contributed by atoms with Crippen molar-refractivity contribution in [3.8, 4) is 0 Å². The minimum atomic E-state index is -0.485. The summed E-state index contributed by atoms with van der Waals surface area (Å²) < 4.78 is 8.93. The fourth-order valence-electron chi connectivity index (χ4n) is 2.79. The molecule has 1 aromatic carbocycles. The fraction of sp³-hybridized carbons (Fsp3) is 0.353. The van der Waals surface area contributed by atoms with Gasteiger partial charge in [0, 0.05) is 19.2 Å². The Morgan fingerprint density at radius 1 is 1.25 bits per heavy atom. The zero-order valence-corrected chi connectivity index (χ0v) is 13.8. The first-order chi connectivity index (χ1) is 11.7. The highest BCUT2D eigenvalue weighted by molar-refractivity contribution is 5.93. The number of benzene rings is 1. The third kappa shape index (κ3) is 2.78. The van der Waals surface area contributed by atoms with E-state index in [0.717, 1.165) is 24.0 Å². The van der Waals surface area contributed by atoms with E-state index in [1.54, 1.807) is 0 Å². The monoisotopic (exact) mass is 328 g/mol. The number of rotatable bonds is 5. The summed E-state index contributed by atoms with van der Waals surface area (Å²) in [6.45, 7) is 5.27. The van der Waals surface area contributed by atoms with Gasteiger partial charge in [-0.05, 0) is 25.5 Å². The van der Waals surface area contributed by atoms with Crippen LogP contribution in [0.5, 0.6) is 0 Å². The first-order valence-electron chi connectivity index (χ1n) is 8.03. The van der Waals surface area contributed by atoms with Gasteiger partial charge >= 0.3 is 5.91 Å². The number of aromatic nitrogens is 3. The number of carbonyl (C=O) groups is 1. The second-order valence-corrected chi connectivity index (χ2v) is 5.44. The third-order valence-electron chi connectivity index (χ3n) is 3.85. The van der Waals surface area contributed by atoms with Crippen LogP contribution < -0.4 is 5.62 Å². The maximum absolute atomic E-state index is 12.4. The van der Waals surface area contributed by atoms with Crippen LogP contribution in [0, 0.1) is 0 Å². The Bertz CT molecular complexity index is 933. The zero-order valence-electron chi connectivity index (χ0n) is 13.8. The lowest BCUT2D eigenvalue weighted by Gasteiger charge is -2.02. The van der Waals surface area contributed by atoms with Crippen molar-refractivity contribution in [2.75, 3.05) is 0 Å². The highest BCUT2D eigenvalue weighted by atomic mass is 16.5. The van der Waals surface area contributed by atoms with Gasteiger partial charge in [-0.2, -0.15) is 4.99 Å². The molecule has 0 aliphatic heterocycles. The van der Waals surface area contributed by atoms with Gasteiger partial charge in [0.1, 0.15) is 6.61 Å². The summed E-state index contributed by atoms with van der Waals surface area (Å²) in [5, 5.41) is 12.7. The molecule has 126 valence electrons. The van der Waals surface area contributed by atoms with Gasteiger partial charge < -0.3 is 18.8 Å². The van der Waals surface area contributed by atoms with Gasteiger partial charge in [-0.3, -0.25) is 4.79 Å². The van der Waals surface area contributed by atoms with E-state index in [4.69, 9.17) is 9.63 Å². The number of amides is 1. The zero-order chi connectivity index (χ0) is 17.1. The van der Waals surface area contributed by atoms with E-state index in [1.807, 2.05) is 40.3 Å². The molecule has 1 amide bonds. The molecule has 1 N–H and O–H groups in total. The van der Waals surface area contributed by atoms with Crippen LogP contribution in [0.15, 0.2) is 39.8 Å². The van der Waals surface area contributed by atoms with Gasteiger partial charge in [0.2, 0.25) is 5.62 Å². The molecule has 0 atom stereocenters. The average molecular weight is 328 g/mol. The van der Waals surface area contributed by atoms with Crippen LogP contribution in [0.25, 0.3) is 11.0 Å². The number of nitrogens with zero attached hydrogens (tertiary/aromatic N) is 4. The standard InChI is InChI=1S/C17H20N4O3/c1-3-9-21-15-8-6-5-7-14(15)20(4-2)17(21)18-16(23)13-10-12(11-22)24-19-13/h5-8,10,22H,3-4,9,11H2,1-2H3. The van der Waals surface area contributed by atoms with Crippen molar-refractivity contribution in [2.45, 2.75) is 40.0 Å². The lowest BCUT2D eigenvalue weighted by Crippen LogP contribution is -2.27. The number of para-hydroxylation sites is 2. The number of aliphatic hydroxyl groups is 1.